The van der Waals surface area contributed by atoms with Crippen LogP contribution in [-0.2, 0) is 4.74 Å². The van der Waals surface area contributed by atoms with Gasteiger partial charge in [-0.2, -0.15) is 0 Å². The van der Waals surface area contributed by atoms with Crippen LogP contribution in [0.4, 0.5) is 5.69 Å². The Labute approximate surface area is 127 Å². The summed E-state index contributed by atoms with van der Waals surface area (Å²) in [5, 5.41) is 0. The first-order valence-electron chi connectivity index (χ1n) is 7.54. The second-order valence-corrected chi connectivity index (χ2v) is 6.51. The molecule has 0 aromatic heterocycles. The standard InChI is InChI=1S/C17H26N2O2/c1-6-21-15-10-14(17(15,3)4)19(5)16(20)13-9-12(18)8-7-11(13)2/h7-9,14-15H,6,10,18H2,1-5H3. The number of nitrogens with zero attached hydrogens (tertiary/aromatic N) is 1. The van der Waals surface area contributed by atoms with Gasteiger partial charge >= 0.3 is 0 Å². The third-order valence-electron chi connectivity index (χ3n) is 4.77. The number of carbonyl (C=O) groups excluding carboxylic acids is 1. The van der Waals surface area contributed by atoms with E-state index in [4.69, 9.17) is 10.5 Å². The van der Waals surface area contributed by atoms with Gasteiger partial charge in [-0.25, -0.2) is 0 Å². The van der Waals surface area contributed by atoms with E-state index in [0.717, 1.165) is 12.0 Å². The van der Waals surface area contributed by atoms with Crippen molar-refractivity contribution in [1.29, 1.82) is 0 Å². The number of hydrogen-bond donors (Lipinski definition) is 1. The highest BCUT2D eigenvalue weighted by Crippen LogP contribution is 2.45. The monoisotopic (exact) mass is 290 g/mol. The Hall–Kier alpha value is -1.55. The molecule has 1 saturated carbocycles. The molecule has 0 aliphatic heterocycles. The molecule has 1 aliphatic rings. The Kier molecular flexibility index (Phi) is 4.28. The van der Waals surface area contributed by atoms with E-state index < -0.39 is 0 Å². The molecule has 116 valence electrons. The van der Waals surface area contributed by atoms with Crippen molar-refractivity contribution >= 4 is 11.6 Å². The van der Waals surface area contributed by atoms with Crippen LogP contribution in [0.15, 0.2) is 18.2 Å². The first kappa shape index (κ1) is 15.8. The van der Waals surface area contributed by atoms with Crippen molar-refractivity contribution in [2.75, 3.05) is 19.4 Å². The van der Waals surface area contributed by atoms with Crippen LogP contribution in [0.3, 0.4) is 0 Å². The third kappa shape index (κ3) is 2.77. The lowest BCUT2D eigenvalue weighted by Crippen LogP contribution is -2.62. The number of anilines is 1. The zero-order chi connectivity index (χ0) is 15.8. The van der Waals surface area contributed by atoms with Crippen LogP contribution >= 0.6 is 0 Å². The normalized spacial score (nSPS) is 23.5. The van der Waals surface area contributed by atoms with Crippen molar-refractivity contribution in [3.8, 4) is 0 Å². The van der Waals surface area contributed by atoms with Gasteiger partial charge in [0.2, 0.25) is 0 Å². The molecule has 1 fully saturated rings. The number of amides is 1. The van der Waals surface area contributed by atoms with Crippen molar-refractivity contribution in [1.82, 2.24) is 4.90 Å². The van der Waals surface area contributed by atoms with Gasteiger partial charge in [0.05, 0.1) is 6.10 Å². The van der Waals surface area contributed by atoms with E-state index in [1.165, 1.54) is 0 Å². The molecule has 0 saturated heterocycles. The topological polar surface area (TPSA) is 55.6 Å². The molecular formula is C17H26N2O2. The largest absolute Gasteiger partial charge is 0.399 e. The molecule has 2 N–H and O–H groups in total. The fourth-order valence-electron chi connectivity index (χ4n) is 3.21. The van der Waals surface area contributed by atoms with Crippen LogP contribution in [0, 0.1) is 12.3 Å². The molecule has 1 aromatic carbocycles. The van der Waals surface area contributed by atoms with Crippen LogP contribution < -0.4 is 5.73 Å². The molecule has 2 unspecified atom stereocenters. The van der Waals surface area contributed by atoms with Crippen molar-refractivity contribution in [2.24, 2.45) is 5.41 Å². The lowest BCUT2D eigenvalue weighted by Gasteiger charge is -2.54. The average molecular weight is 290 g/mol. The molecule has 1 aromatic rings. The van der Waals surface area contributed by atoms with E-state index in [9.17, 15) is 4.79 Å². The minimum atomic E-state index is -0.0192. The lowest BCUT2D eigenvalue weighted by atomic mass is 9.63. The summed E-state index contributed by atoms with van der Waals surface area (Å²) in [5.74, 6) is 0.0350. The maximum atomic E-state index is 12.7. The van der Waals surface area contributed by atoms with Gasteiger partial charge in [-0.15, -0.1) is 0 Å². The van der Waals surface area contributed by atoms with Crippen molar-refractivity contribution in [3.63, 3.8) is 0 Å². The van der Waals surface area contributed by atoms with Gasteiger partial charge in [0, 0.05) is 36.4 Å². The van der Waals surface area contributed by atoms with E-state index in [0.29, 0.717) is 17.9 Å². The van der Waals surface area contributed by atoms with Crippen LogP contribution in [0.25, 0.3) is 0 Å². The molecule has 1 amide bonds. The molecule has 1 aliphatic carbocycles. The summed E-state index contributed by atoms with van der Waals surface area (Å²) < 4.78 is 5.74. The number of nitrogens with two attached hydrogens (primary N) is 1. The zero-order valence-electron chi connectivity index (χ0n) is 13.6. The Balaban J connectivity index is 2.16. The predicted molar refractivity (Wildman–Crippen MR) is 85.3 cm³/mol. The number of aryl methyl sites for hydroxylation is 1. The van der Waals surface area contributed by atoms with Gasteiger partial charge in [-0.1, -0.05) is 19.9 Å². The Morgan fingerprint density at radius 2 is 2.14 bits per heavy atom. The lowest BCUT2D eigenvalue weighted by molar-refractivity contribution is -0.136. The minimum Gasteiger partial charge on any atom is -0.399 e. The molecule has 0 heterocycles. The average Bonchev–Trinajstić information content (AvgIpc) is 2.44. The van der Waals surface area contributed by atoms with E-state index in [1.54, 1.807) is 6.07 Å². The van der Waals surface area contributed by atoms with Crippen molar-refractivity contribution < 1.29 is 9.53 Å². The summed E-state index contributed by atoms with van der Waals surface area (Å²) >= 11 is 0. The Morgan fingerprint density at radius 1 is 1.48 bits per heavy atom. The second-order valence-electron chi connectivity index (χ2n) is 6.51. The second kappa shape index (κ2) is 5.68. The molecule has 21 heavy (non-hydrogen) atoms. The predicted octanol–water partition coefficient (Wildman–Crippen LogP) is 2.85. The number of carbonyl (C=O) groups is 1. The number of benzene rings is 1. The molecule has 4 heteroatoms. The number of hydrogen-bond acceptors (Lipinski definition) is 3. The highest BCUT2D eigenvalue weighted by Gasteiger charge is 2.51. The summed E-state index contributed by atoms with van der Waals surface area (Å²) in [4.78, 5) is 14.6. The van der Waals surface area contributed by atoms with Gasteiger partial charge < -0.3 is 15.4 Å². The maximum absolute atomic E-state index is 12.7. The third-order valence-corrected chi connectivity index (χ3v) is 4.77. The van der Waals surface area contributed by atoms with Crippen LogP contribution in [-0.4, -0.2) is 36.6 Å². The number of rotatable bonds is 4. The Morgan fingerprint density at radius 3 is 2.71 bits per heavy atom. The highest BCUT2D eigenvalue weighted by molar-refractivity contribution is 5.96. The summed E-state index contributed by atoms with van der Waals surface area (Å²) in [5.41, 5.74) is 8.06. The van der Waals surface area contributed by atoms with E-state index in [-0.39, 0.29) is 23.5 Å². The first-order chi connectivity index (χ1) is 9.78. The van der Waals surface area contributed by atoms with Crippen LogP contribution in [0.2, 0.25) is 0 Å². The highest BCUT2D eigenvalue weighted by atomic mass is 16.5. The van der Waals surface area contributed by atoms with E-state index in [1.807, 2.05) is 37.9 Å². The van der Waals surface area contributed by atoms with Gasteiger partial charge in [0.15, 0.2) is 0 Å². The molecule has 2 atom stereocenters. The summed E-state index contributed by atoms with van der Waals surface area (Å²) in [6, 6.07) is 5.68. The SMILES string of the molecule is CCOC1CC(N(C)C(=O)c2cc(N)ccc2C)C1(C)C. The Bertz CT molecular complexity index is 540. The smallest absolute Gasteiger partial charge is 0.254 e. The van der Waals surface area contributed by atoms with Gasteiger partial charge in [-0.3, -0.25) is 4.79 Å². The summed E-state index contributed by atoms with van der Waals surface area (Å²) in [6.07, 6.45) is 1.12. The van der Waals surface area contributed by atoms with E-state index in [2.05, 4.69) is 13.8 Å². The molecule has 0 spiro atoms. The number of ether oxygens (including phenoxy) is 1. The molecule has 0 bridgehead atoms. The quantitative estimate of drug-likeness (QED) is 0.868. The summed E-state index contributed by atoms with van der Waals surface area (Å²) in [6.45, 7) is 8.99. The molecular weight excluding hydrogens is 264 g/mol. The van der Waals surface area contributed by atoms with Gasteiger partial charge in [0.1, 0.15) is 0 Å². The summed E-state index contributed by atoms with van der Waals surface area (Å²) in [7, 11) is 1.87. The van der Waals surface area contributed by atoms with Crippen LogP contribution in [0.5, 0.6) is 0 Å². The van der Waals surface area contributed by atoms with Gasteiger partial charge in [-0.05, 0) is 38.0 Å². The minimum absolute atomic E-state index is 0.0192. The first-order valence-corrected chi connectivity index (χ1v) is 7.54. The fourth-order valence-corrected chi connectivity index (χ4v) is 3.21. The van der Waals surface area contributed by atoms with Crippen molar-refractivity contribution in [2.45, 2.75) is 46.3 Å². The fraction of sp³-hybridized carbons (Fsp3) is 0.588. The molecule has 4 nitrogen and oxygen atoms in total. The van der Waals surface area contributed by atoms with E-state index >= 15 is 0 Å². The molecule has 0 radical (unpaired) electrons. The number of nitrogen functional groups attached to an aromatic ring is 1. The van der Waals surface area contributed by atoms with Crippen LogP contribution in [0.1, 0.15) is 43.1 Å². The molecule has 2 rings (SSSR count). The van der Waals surface area contributed by atoms with Crippen molar-refractivity contribution in [3.05, 3.63) is 29.3 Å². The maximum Gasteiger partial charge on any atom is 0.254 e. The van der Waals surface area contributed by atoms with Gasteiger partial charge in [0.25, 0.3) is 5.91 Å². The zero-order valence-corrected chi connectivity index (χ0v) is 13.6.